The SMILES string of the molecule is CC1CCc2cccc(-c3cccc(C(Nc4c(C(C)C)cccc4C(C)C)c4ccccc4)n3)c2N1. The molecule has 0 aliphatic carbocycles. The third-order valence-corrected chi connectivity index (χ3v) is 7.53. The molecule has 3 aromatic carbocycles. The molecule has 2 unspecified atom stereocenters. The number of hydrogen-bond donors (Lipinski definition) is 2. The molecule has 3 heteroatoms. The maximum atomic E-state index is 5.30. The predicted molar refractivity (Wildman–Crippen MR) is 158 cm³/mol. The largest absolute Gasteiger partial charge is 0.382 e. The van der Waals surface area contributed by atoms with E-state index in [9.17, 15) is 0 Å². The fraction of sp³-hybridized carbons (Fsp3) is 0.324. The number of nitrogens with zero attached hydrogens (tertiary/aromatic N) is 1. The summed E-state index contributed by atoms with van der Waals surface area (Å²) < 4.78 is 0. The smallest absolute Gasteiger partial charge is 0.0940 e. The summed E-state index contributed by atoms with van der Waals surface area (Å²) in [5.41, 5.74) is 11.0. The highest BCUT2D eigenvalue weighted by atomic mass is 15.0. The van der Waals surface area contributed by atoms with Crippen LogP contribution in [-0.4, -0.2) is 11.0 Å². The highest BCUT2D eigenvalue weighted by Crippen LogP contribution is 2.38. The minimum Gasteiger partial charge on any atom is -0.382 e. The number of pyridine rings is 1. The summed E-state index contributed by atoms with van der Waals surface area (Å²) in [6.07, 6.45) is 2.27. The Bertz CT molecular complexity index is 1330. The second-order valence-electron chi connectivity index (χ2n) is 11.0. The standard InChI is InChI=1S/C34H39N3/c1-22(2)27-15-10-16-28(23(3)4)34(27)37-33(25-12-7-6-8-13-25)31-19-11-18-30(36-31)29-17-9-14-26-21-20-24(5)35-32(26)29/h6-19,22-24,33,35,37H,20-21H2,1-5H3. The van der Waals surface area contributed by atoms with Crippen molar-refractivity contribution in [2.75, 3.05) is 10.6 Å². The van der Waals surface area contributed by atoms with Crippen molar-refractivity contribution >= 4 is 11.4 Å². The summed E-state index contributed by atoms with van der Waals surface area (Å²) in [6, 6.07) is 30.9. The Morgan fingerprint density at radius 3 is 2.16 bits per heavy atom. The van der Waals surface area contributed by atoms with E-state index in [4.69, 9.17) is 4.98 Å². The first-order valence-electron chi connectivity index (χ1n) is 13.7. The van der Waals surface area contributed by atoms with E-state index < -0.39 is 0 Å². The number of anilines is 2. The van der Waals surface area contributed by atoms with Crippen LogP contribution in [0.4, 0.5) is 11.4 Å². The molecule has 0 saturated heterocycles. The van der Waals surface area contributed by atoms with E-state index in [1.807, 2.05) is 0 Å². The molecule has 0 bridgehead atoms. The summed E-state index contributed by atoms with van der Waals surface area (Å²) in [6.45, 7) is 11.3. The molecular weight excluding hydrogens is 450 g/mol. The van der Waals surface area contributed by atoms with Gasteiger partial charge < -0.3 is 10.6 Å². The van der Waals surface area contributed by atoms with Crippen LogP contribution in [0.2, 0.25) is 0 Å². The molecule has 0 spiro atoms. The molecule has 5 rings (SSSR count). The minimum absolute atomic E-state index is 0.0648. The van der Waals surface area contributed by atoms with Crippen LogP contribution < -0.4 is 10.6 Å². The number of aryl methyl sites for hydroxylation is 1. The third-order valence-electron chi connectivity index (χ3n) is 7.53. The van der Waals surface area contributed by atoms with Gasteiger partial charge in [-0.05, 0) is 66.0 Å². The molecule has 3 nitrogen and oxygen atoms in total. The average Bonchev–Trinajstić information content (AvgIpc) is 2.91. The molecule has 1 aliphatic rings. The molecule has 0 fully saturated rings. The van der Waals surface area contributed by atoms with E-state index in [0.29, 0.717) is 17.9 Å². The van der Waals surface area contributed by atoms with Gasteiger partial charge in [0.2, 0.25) is 0 Å². The van der Waals surface area contributed by atoms with Gasteiger partial charge in [0.1, 0.15) is 0 Å². The third kappa shape index (κ3) is 5.27. The highest BCUT2D eigenvalue weighted by Gasteiger charge is 2.23. The molecule has 0 radical (unpaired) electrons. The fourth-order valence-electron chi connectivity index (χ4n) is 5.48. The van der Waals surface area contributed by atoms with Crippen molar-refractivity contribution < 1.29 is 0 Å². The molecule has 1 aromatic heterocycles. The Kier molecular flexibility index (Phi) is 7.32. The molecular formula is C34H39N3. The Labute approximate surface area is 222 Å². The maximum absolute atomic E-state index is 5.30. The van der Waals surface area contributed by atoms with Gasteiger partial charge in [0.15, 0.2) is 0 Å². The van der Waals surface area contributed by atoms with Crippen molar-refractivity contribution in [3.8, 4) is 11.3 Å². The Morgan fingerprint density at radius 2 is 1.46 bits per heavy atom. The average molecular weight is 490 g/mol. The van der Waals surface area contributed by atoms with Crippen LogP contribution in [-0.2, 0) is 6.42 Å². The number of aromatic nitrogens is 1. The molecule has 2 N–H and O–H groups in total. The molecule has 4 aromatic rings. The molecule has 1 aliphatic heterocycles. The second-order valence-corrected chi connectivity index (χ2v) is 11.0. The first-order chi connectivity index (χ1) is 17.9. The zero-order chi connectivity index (χ0) is 25.9. The first kappa shape index (κ1) is 25.1. The lowest BCUT2D eigenvalue weighted by atomic mass is 9.91. The van der Waals surface area contributed by atoms with Crippen molar-refractivity contribution in [2.24, 2.45) is 0 Å². The summed E-state index contributed by atoms with van der Waals surface area (Å²) in [4.78, 5) is 5.30. The zero-order valence-electron chi connectivity index (χ0n) is 22.8. The molecule has 0 amide bonds. The quantitative estimate of drug-likeness (QED) is 0.272. The van der Waals surface area contributed by atoms with Crippen molar-refractivity contribution in [2.45, 2.75) is 71.4 Å². The Balaban J connectivity index is 1.62. The van der Waals surface area contributed by atoms with E-state index in [1.165, 1.54) is 39.2 Å². The maximum Gasteiger partial charge on any atom is 0.0940 e. The normalized spacial score (nSPS) is 15.8. The monoisotopic (exact) mass is 489 g/mol. The number of hydrogen-bond acceptors (Lipinski definition) is 3. The number of para-hydroxylation sites is 2. The van der Waals surface area contributed by atoms with E-state index in [2.05, 4.69) is 130 Å². The van der Waals surface area contributed by atoms with Gasteiger partial charge in [-0.25, -0.2) is 0 Å². The van der Waals surface area contributed by atoms with Crippen LogP contribution in [0.3, 0.4) is 0 Å². The van der Waals surface area contributed by atoms with E-state index in [0.717, 1.165) is 24.2 Å². The second kappa shape index (κ2) is 10.8. The van der Waals surface area contributed by atoms with Crippen LogP contribution in [0.1, 0.15) is 86.9 Å². The van der Waals surface area contributed by atoms with E-state index in [-0.39, 0.29) is 6.04 Å². The highest BCUT2D eigenvalue weighted by molar-refractivity contribution is 5.79. The lowest BCUT2D eigenvalue weighted by Crippen LogP contribution is -2.22. The summed E-state index contributed by atoms with van der Waals surface area (Å²) in [7, 11) is 0. The van der Waals surface area contributed by atoms with Gasteiger partial charge in [-0.2, -0.15) is 0 Å². The van der Waals surface area contributed by atoms with Crippen molar-refractivity contribution in [1.82, 2.24) is 4.98 Å². The number of benzene rings is 3. The topological polar surface area (TPSA) is 37.0 Å². The van der Waals surface area contributed by atoms with E-state index in [1.54, 1.807) is 0 Å². The van der Waals surface area contributed by atoms with Gasteiger partial charge >= 0.3 is 0 Å². The Hall–Kier alpha value is -3.59. The zero-order valence-corrected chi connectivity index (χ0v) is 22.8. The molecule has 0 saturated carbocycles. The fourth-order valence-corrected chi connectivity index (χ4v) is 5.48. The minimum atomic E-state index is -0.0648. The van der Waals surface area contributed by atoms with Crippen molar-refractivity contribution in [1.29, 1.82) is 0 Å². The predicted octanol–water partition coefficient (Wildman–Crippen LogP) is 8.94. The van der Waals surface area contributed by atoms with Crippen LogP contribution in [0.5, 0.6) is 0 Å². The van der Waals surface area contributed by atoms with Crippen LogP contribution in [0, 0.1) is 0 Å². The van der Waals surface area contributed by atoms with E-state index >= 15 is 0 Å². The summed E-state index contributed by atoms with van der Waals surface area (Å²) >= 11 is 0. The lowest BCUT2D eigenvalue weighted by molar-refractivity contribution is 0.681. The van der Waals surface area contributed by atoms with Crippen molar-refractivity contribution in [3.63, 3.8) is 0 Å². The van der Waals surface area contributed by atoms with Crippen LogP contribution in [0.15, 0.2) is 84.9 Å². The first-order valence-corrected chi connectivity index (χ1v) is 13.7. The molecule has 2 atom stereocenters. The molecule has 2 heterocycles. The van der Waals surface area contributed by atoms with Crippen LogP contribution >= 0.6 is 0 Å². The molecule has 37 heavy (non-hydrogen) atoms. The van der Waals surface area contributed by atoms with Gasteiger partial charge in [0, 0.05) is 23.0 Å². The number of fused-ring (bicyclic) bond motifs is 1. The van der Waals surface area contributed by atoms with Gasteiger partial charge in [-0.15, -0.1) is 0 Å². The van der Waals surface area contributed by atoms with Gasteiger partial charge in [0.05, 0.1) is 17.4 Å². The Morgan fingerprint density at radius 1 is 0.784 bits per heavy atom. The van der Waals surface area contributed by atoms with Gasteiger partial charge in [-0.1, -0.05) is 100 Å². The van der Waals surface area contributed by atoms with Gasteiger partial charge in [0.25, 0.3) is 0 Å². The summed E-state index contributed by atoms with van der Waals surface area (Å²) in [5, 5.41) is 7.71. The molecule has 190 valence electrons. The van der Waals surface area contributed by atoms with Crippen molar-refractivity contribution in [3.05, 3.63) is 113 Å². The summed E-state index contributed by atoms with van der Waals surface area (Å²) in [5.74, 6) is 0.835. The van der Waals surface area contributed by atoms with Gasteiger partial charge in [-0.3, -0.25) is 4.98 Å². The number of rotatable bonds is 7. The van der Waals surface area contributed by atoms with Crippen LogP contribution in [0.25, 0.3) is 11.3 Å². The number of nitrogens with one attached hydrogen (secondary N) is 2. The lowest BCUT2D eigenvalue weighted by Gasteiger charge is -2.28.